The Balaban J connectivity index is 1.87. The van der Waals surface area contributed by atoms with Crippen molar-refractivity contribution in [1.82, 2.24) is 4.72 Å². The van der Waals surface area contributed by atoms with Gasteiger partial charge in [0, 0.05) is 18.2 Å². The van der Waals surface area contributed by atoms with Crippen molar-refractivity contribution in [3.63, 3.8) is 0 Å². The molecule has 0 atom stereocenters. The minimum atomic E-state index is -3.83. The van der Waals surface area contributed by atoms with E-state index in [0.717, 1.165) is 12.8 Å². The third-order valence-electron chi connectivity index (χ3n) is 2.98. The Kier molecular flexibility index (Phi) is 4.59. The second-order valence-electron chi connectivity index (χ2n) is 4.93. The number of carbonyl (C=O) groups is 2. The standard InChI is InChI=1S/C13H16N2O5S/c16-12(17)8-21(19,20)14-7-9-1-5-11(6-2-9)15-13(18)10-3-4-10/h1-2,5-6,10,14H,3-4,7-8H2,(H,15,18)(H,16,17). The van der Waals surface area contributed by atoms with Crippen LogP contribution < -0.4 is 10.0 Å². The van der Waals surface area contributed by atoms with Crippen LogP contribution in [-0.2, 0) is 26.2 Å². The van der Waals surface area contributed by atoms with Crippen molar-refractivity contribution in [1.29, 1.82) is 0 Å². The SMILES string of the molecule is O=C(O)CS(=O)(=O)NCc1ccc(NC(=O)C2CC2)cc1. The summed E-state index contributed by atoms with van der Waals surface area (Å²) in [5.41, 5.74) is 1.33. The summed E-state index contributed by atoms with van der Waals surface area (Å²) in [6.45, 7) is 0.00641. The molecule has 3 N–H and O–H groups in total. The van der Waals surface area contributed by atoms with Crippen molar-refractivity contribution in [2.24, 2.45) is 5.92 Å². The number of sulfonamides is 1. The number of carbonyl (C=O) groups excluding carboxylic acids is 1. The molecule has 8 heteroatoms. The smallest absolute Gasteiger partial charge is 0.320 e. The molecule has 0 radical (unpaired) electrons. The quantitative estimate of drug-likeness (QED) is 0.680. The predicted octanol–water partition coefficient (Wildman–Crippen LogP) is 0.539. The van der Waals surface area contributed by atoms with Crippen molar-refractivity contribution in [2.45, 2.75) is 19.4 Å². The molecule has 0 spiro atoms. The van der Waals surface area contributed by atoms with E-state index in [1.165, 1.54) is 0 Å². The summed E-state index contributed by atoms with van der Waals surface area (Å²) in [6.07, 6.45) is 1.85. The second-order valence-corrected chi connectivity index (χ2v) is 6.74. The van der Waals surface area contributed by atoms with Gasteiger partial charge in [-0.05, 0) is 30.5 Å². The second kappa shape index (κ2) is 6.23. The Morgan fingerprint density at radius 2 is 1.81 bits per heavy atom. The summed E-state index contributed by atoms with van der Waals surface area (Å²) in [5.74, 6) is -2.24. The molecular formula is C13H16N2O5S. The summed E-state index contributed by atoms with van der Waals surface area (Å²) in [7, 11) is -3.83. The molecule has 0 saturated heterocycles. The van der Waals surface area contributed by atoms with Gasteiger partial charge in [0.05, 0.1) is 0 Å². The minimum absolute atomic E-state index is 0.00455. The van der Waals surface area contributed by atoms with Gasteiger partial charge in [-0.2, -0.15) is 0 Å². The van der Waals surface area contributed by atoms with E-state index in [1.807, 2.05) is 0 Å². The first-order chi connectivity index (χ1) is 9.85. The monoisotopic (exact) mass is 312 g/mol. The van der Waals surface area contributed by atoms with Gasteiger partial charge < -0.3 is 10.4 Å². The summed E-state index contributed by atoms with van der Waals surface area (Å²) < 4.78 is 24.9. The number of carboxylic acid groups (broad SMARTS) is 1. The highest BCUT2D eigenvalue weighted by atomic mass is 32.2. The summed E-state index contributed by atoms with van der Waals surface area (Å²) in [5, 5.41) is 11.2. The number of anilines is 1. The largest absolute Gasteiger partial charge is 0.480 e. The van der Waals surface area contributed by atoms with Crippen molar-refractivity contribution >= 4 is 27.6 Å². The first kappa shape index (κ1) is 15.5. The van der Waals surface area contributed by atoms with Gasteiger partial charge in [-0.1, -0.05) is 12.1 Å². The predicted molar refractivity (Wildman–Crippen MR) is 76.1 cm³/mol. The van der Waals surface area contributed by atoms with Gasteiger partial charge in [0.25, 0.3) is 0 Å². The Labute approximate surface area is 122 Å². The van der Waals surface area contributed by atoms with Crippen LogP contribution in [0, 0.1) is 5.92 Å². The Morgan fingerprint density at radius 1 is 1.19 bits per heavy atom. The lowest BCUT2D eigenvalue weighted by Crippen LogP contribution is -2.29. The van der Waals surface area contributed by atoms with Crippen LogP contribution in [0.15, 0.2) is 24.3 Å². The molecular weight excluding hydrogens is 296 g/mol. The number of amides is 1. The molecule has 0 aliphatic heterocycles. The van der Waals surface area contributed by atoms with Crippen LogP contribution >= 0.6 is 0 Å². The zero-order valence-corrected chi connectivity index (χ0v) is 12.0. The van der Waals surface area contributed by atoms with Gasteiger partial charge in [0.1, 0.15) is 0 Å². The molecule has 1 saturated carbocycles. The van der Waals surface area contributed by atoms with Crippen LogP contribution in [0.4, 0.5) is 5.69 Å². The average Bonchev–Trinajstić information content (AvgIpc) is 3.20. The van der Waals surface area contributed by atoms with Gasteiger partial charge in [-0.25, -0.2) is 13.1 Å². The molecule has 0 heterocycles. The number of rotatable bonds is 7. The maximum Gasteiger partial charge on any atom is 0.320 e. The molecule has 0 bridgehead atoms. The molecule has 114 valence electrons. The van der Waals surface area contributed by atoms with Crippen LogP contribution in [-0.4, -0.2) is 31.2 Å². The highest BCUT2D eigenvalue weighted by Crippen LogP contribution is 2.30. The third kappa shape index (κ3) is 5.16. The van der Waals surface area contributed by atoms with Gasteiger partial charge in [-0.15, -0.1) is 0 Å². The molecule has 2 rings (SSSR count). The summed E-state index contributed by atoms with van der Waals surface area (Å²) >= 11 is 0. The van der Waals surface area contributed by atoms with E-state index < -0.39 is 21.7 Å². The van der Waals surface area contributed by atoms with E-state index in [-0.39, 0.29) is 18.4 Å². The van der Waals surface area contributed by atoms with E-state index in [4.69, 9.17) is 5.11 Å². The van der Waals surface area contributed by atoms with Gasteiger partial charge in [-0.3, -0.25) is 9.59 Å². The number of nitrogens with one attached hydrogen (secondary N) is 2. The fourth-order valence-electron chi connectivity index (χ4n) is 1.70. The van der Waals surface area contributed by atoms with E-state index >= 15 is 0 Å². The molecule has 1 fully saturated rings. The maximum absolute atomic E-state index is 11.6. The molecule has 1 amide bonds. The zero-order valence-electron chi connectivity index (χ0n) is 11.2. The molecule has 0 aromatic heterocycles. The summed E-state index contributed by atoms with van der Waals surface area (Å²) in [6, 6.07) is 6.71. The summed E-state index contributed by atoms with van der Waals surface area (Å²) in [4.78, 5) is 21.9. The molecule has 0 unspecified atom stereocenters. The first-order valence-electron chi connectivity index (χ1n) is 6.45. The number of benzene rings is 1. The van der Waals surface area contributed by atoms with Gasteiger partial charge in [0.15, 0.2) is 5.75 Å². The average molecular weight is 312 g/mol. The Hall–Kier alpha value is -1.93. The lowest BCUT2D eigenvalue weighted by Gasteiger charge is -2.07. The van der Waals surface area contributed by atoms with Gasteiger partial charge >= 0.3 is 5.97 Å². The van der Waals surface area contributed by atoms with E-state index in [2.05, 4.69) is 10.0 Å². The highest BCUT2D eigenvalue weighted by Gasteiger charge is 2.29. The van der Waals surface area contributed by atoms with E-state index in [1.54, 1.807) is 24.3 Å². The fourth-order valence-corrected chi connectivity index (χ4v) is 2.52. The molecule has 1 aliphatic rings. The number of hydrogen-bond donors (Lipinski definition) is 3. The Morgan fingerprint density at radius 3 is 2.33 bits per heavy atom. The van der Waals surface area contributed by atoms with Crippen LogP contribution in [0.25, 0.3) is 0 Å². The van der Waals surface area contributed by atoms with Crippen LogP contribution in [0.3, 0.4) is 0 Å². The first-order valence-corrected chi connectivity index (χ1v) is 8.10. The fraction of sp³-hybridized carbons (Fsp3) is 0.385. The minimum Gasteiger partial charge on any atom is -0.480 e. The van der Waals surface area contributed by atoms with Crippen molar-refractivity contribution in [2.75, 3.05) is 11.1 Å². The third-order valence-corrected chi connectivity index (χ3v) is 4.19. The number of hydrogen-bond acceptors (Lipinski definition) is 4. The van der Waals surface area contributed by atoms with E-state index in [9.17, 15) is 18.0 Å². The molecule has 1 aliphatic carbocycles. The van der Waals surface area contributed by atoms with Gasteiger partial charge in [0.2, 0.25) is 15.9 Å². The zero-order chi connectivity index (χ0) is 15.5. The van der Waals surface area contributed by atoms with E-state index in [0.29, 0.717) is 11.3 Å². The van der Waals surface area contributed by atoms with Crippen LogP contribution in [0.2, 0.25) is 0 Å². The Bertz CT molecular complexity index is 635. The molecule has 1 aromatic rings. The van der Waals surface area contributed by atoms with Crippen LogP contribution in [0.5, 0.6) is 0 Å². The normalized spacial score (nSPS) is 14.7. The van der Waals surface area contributed by atoms with Crippen molar-refractivity contribution < 1.29 is 23.1 Å². The van der Waals surface area contributed by atoms with Crippen molar-refractivity contribution in [3.05, 3.63) is 29.8 Å². The molecule has 1 aromatic carbocycles. The maximum atomic E-state index is 11.6. The van der Waals surface area contributed by atoms with Crippen molar-refractivity contribution in [3.8, 4) is 0 Å². The molecule has 21 heavy (non-hydrogen) atoms. The number of aliphatic carboxylic acids is 1. The lowest BCUT2D eigenvalue weighted by atomic mass is 10.2. The van der Waals surface area contributed by atoms with Crippen LogP contribution in [0.1, 0.15) is 18.4 Å². The number of carboxylic acids is 1. The lowest BCUT2D eigenvalue weighted by molar-refractivity contribution is -0.134. The highest BCUT2D eigenvalue weighted by molar-refractivity contribution is 7.90. The molecule has 7 nitrogen and oxygen atoms in total. The topological polar surface area (TPSA) is 113 Å².